The minimum absolute atomic E-state index is 0.0579. The van der Waals surface area contributed by atoms with Crippen LogP contribution in [0.25, 0.3) is 22.0 Å². The number of anilines is 1. The maximum absolute atomic E-state index is 12.7. The average molecular weight is 412 g/mol. The molecule has 3 heterocycles. The minimum Gasteiger partial charge on any atom is -0.339 e. The van der Waals surface area contributed by atoms with Gasteiger partial charge in [0, 0.05) is 50.7 Å². The number of rotatable bonds is 3. The molecule has 1 atom stereocenters. The van der Waals surface area contributed by atoms with E-state index in [4.69, 9.17) is 4.98 Å². The SMILES string of the molecule is CN1CCN(c2nc(-c3ccncc3)cc(=O)n2C)CC1c1cccc2ccccc12. The Morgan fingerprint density at radius 1 is 0.935 bits per heavy atom. The van der Waals surface area contributed by atoms with Crippen molar-refractivity contribution >= 4 is 16.7 Å². The van der Waals surface area contributed by atoms with E-state index >= 15 is 0 Å². The summed E-state index contributed by atoms with van der Waals surface area (Å²) in [6, 6.07) is 20.6. The number of hydrogen-bond acceptors (Lipinski definition) is 5. The normalized spacial score (nSPS) is 17.2. The smallest absolute Gasteiger partial charge is 0.255 e. The van der Waals surface area contributed by atoms with Gasteiger partial charge in [-0.15, -0.1) is 0 Å². The van der Waals surface area contributed by atoms with Gasteiger partial charge in [-0.25, -0.2) is 4.98 Å². The average Bonchev–Trinajstić information content (AvgIpc) is 2.81. The standard InChI is InChI=1S/C25H25N5O/c1-28-14-15-30(17-23(28)21-9-5-7-18-6-3-4-8-20(18)21)25-27-22(16-24(31)29(25)2)19-10-12-26-13-11-19/h3-13,16,23H,14-15,17H2,1-2H3. The highest BCUT2D eigenvalue weighted by Crippen LogP contribution is 2.31. The molecular weight excluding hydrogens is 386 g/mol. The number of hydrogen-bond donors (Lipinski definition) is 0. The molecule has 0 bridgehead atoms. The highest BCUT2D eigenvalue weighted by molar-refractivity contribution is 5.86. The Labute approximate surface area is 181 Å². The minimum atomic E-state index is -0.0579. The fraction of sp³-hybridized carbons (Fsp3) is 0.240. The second-order valence-electron chi connectivity index (χ2n) is 8.09. The zero-order valence-electron chi connectivity index (χ0n) is 17.8. The van der Waals surface area contributed by atoms with Gasteiger partial charge in [0.25, 0.3) is 5.56 Å². The van der Waals surface area contributed by atoms with Crippen LogP contribution in [0.5, 0.6) is 0 Å². The number of piperazine rings is 1. The molecule has 1 aliphatic rings. The molecule has 156 valence electrons. The van der Waals surface area contributed by atoms with Crippen molar-refractivity contribution in [2.45, 2.75) is 6.04 Å². The third-order valence-electron chi connectivity index (χ3n) is 6.20. The molecule has 2 aromatic heterocycles. The summed E-state index contributed by atoms with van der Waals surface area (Å²) in [5, 5.41) is 2.52. The Morgan fingerprint density at radius 3 is 2.55 bits per heavy atom. The lowest BCUT2D eigenvalue weighted by molar-refractivity contribution is 0.220. The predicted octanol–water partition coefficient (Wildman–Crippen LogP) is 3.49. The summed E-state index contributed by atoms with van der Waals surface area (Å²) in [7, 11) is 3.97. The van der Waals surface area contributed by atoms with Gasteiger partial charge in [0.05, 0.1) is 11.7 Å². The van der Waals surface area contributed by atoms with Gasteiger partial charge in [0.2, 0.25) is 5.95 Å². The van der Waals surface area contributed by atoms with Crippen LogP contribution < -0.4 is 10.5 Å². The summed E-state index contributed by atoms with van der Waals surface area (Å²) >= 11 is 0. The van der Waals surface area contributed by atoms with Crippen molar-refractivity contribution in [2.75, 3.05) is 31.6 Å². The largest absolute Gasteiger partial charge is 0.339 e. The first-order valence-corrected chi connectivity index (χ1v) is 10.5. The van der Waals surface area contributed by atoms with E-state index in [2.05, 4.69) is 64.3 Å². The van der Waals surface area contributed by atoms with Gasteiger partial charge in [-0.05, 0) is 35.5 Å². The van der Waals surface area contributed by atoms with Gasteiger partial charge in [-0.3, -0.25) is 19.2 Å². The molecule has 1 fully saturated rings. The van der Waals surface area contributed by atoms with Crippen LogP contribution in [0.2, 0.25) is 0 Å². The zero-order valence-corrected chi connectivity index (χ0v) is 17.8. The van der Waals surface area contributed by atoms with E-state index in [0.717, 1.165) is 25.2 Å². The van der Waals surface area contributed by atoms with Crippen LogP contribution in [0.15, 0.2) is 77.9 Å². The van der Waals surface area contributed by atoms with Crippen LogP contribution in [0.3, 0.4) is 0 Å². The van der Waals surface area contributed by atoms with Crippen molar-refractivity contribution in [2.24, 2.45) is 7.05 Å². The maximum atomic E-state index is 12.7. The second kappa shape index (κ2) is 7.96. The number of aromatic nitrogens is 3. The molecule has 0 saturated carbocycles. The van der Waals surface area contributed by atoms with E-state index in [1.165, 1.54) is 16.3 Å². The van der Waals surface area contributed by atoms with E-state index in [9.17, 15) is 4.79 Å². The van der Waals surface area contributed by atoms with E-state index in [-0.39, 0.29) is 11.6 Å². The summed E-state index contributed by atoms with van der Waals surface area (Å²) in [5.74, 6) is 0.706. The Kier molecular flexibility index (Phi) is 5.00. The number of pyridine rings is 1. The summed E-state index contributed by atoms with van der Waals surface area (Å²) in [4.78, 5) is 26.3. The number of fused-ring (bicyclic) bond motifs is 1. The van der Waals surface area contributed by atoms with Gasteiger partial charge in [-0.1, -0.05) is 42.5 Å². The van der Waals surface area contributed by atoms with Crippen molar-refractivity contribution in [3.8, 4) is 11.3 Å². The van der Waals surface area contributed by atoms with Crippen LogP contribution in [-0.2, 0) is 7.05 Å². The lowest BCUT2D eigenvalue weighted by Gasteiger charge is -2.41. The van der Waals surface area contributed by atoms with Gasteiger partial charge >= 0.3 is 0 Å². The van der Waals surface area contributed by atoms with Gasteiger partial charge in [-0.2, -0.15) is 0 Å². The lowest BCUT2D eigenvalue weighted by Crippen LogP contribution is -2.48. The first-order valence-electron chi connectivity index (χ1n) is 10.5. The predicted molar refractivity (Wildman–Crippen MR) is 124 cm³/mol. The fourth-order valence-corrected chi connectivity index (χ4v) is 4.41. The van der Waals surface area contributed by atoms with E-state index in [0.29, 0.717) is 11.6 Å². The Balaban J connectivity index is 1.55. The quantitative estimate of drug-likeness (QED) is 0.517. The Bertz CT molecular complexity index is 1280. The highest BCUT2D eigenvalue weighted by Gasteiger charge is 2.29. The van der Waals surface area contributed by atoms with Crippen molar-refractivity contribution in [1.29, 1.82) is 0 Å². The van der Waals surface area contributed by atoms with Gasteiger partial charge in [0.1, 0.15) is 0 Å². The molecule has 6 nitrogen and oxygen atoms in total. The third kappa shape index (κ3) is 3.59. The third-order valence-corrected chi connectivity index (χ3v) is 6.20. The zero-order chi connectivity index (χ0) is 21.4. The van der Waals surface area contributed by atoms with Crippen LogP contribution in [-0.4, -0.2) is 46.1 Å². The van der Waals surface area contributed by atoms with E-state index in [1.807, 2.05) is 12.1 Å². The molecule has 1 aliphatic heterocycles. The first-order chi connectivity index (χ1) is 15.1. The summed E-state index contributed by atoms with van der Waals surface area (Å²) < 4.78 is 1.65. The molecule has 0 N–H and O–H groups in total. The summed E-state index contributed by atoms with van der Waals surface area (Å²) in [6.45, 7) is 2.48. The number of likely N-dealkylation sites (N-methyl/N-ethyl adjacent to an activating group) is 1. The second-order valence-corrected chi connectivity index (χ2v) is 8.09. The molecule has 31 heavy (non-hydrogen) atoms. The van der Waals surface area contributed by atoms with Crippen molar-refractivity contribution in [3.05, 3.63) is 89.0 Å². The number of benzene rings is 2. The van der Waals surface area contributed by atoms with Gasteiger partial charge < -0.3 is 4.90 Å². The van der Waals surface area contributed by atoms with Crippen LogP contribution in [0.4, 0.5) is 5.95 Å². The highest BCUT2D eigenvalue weighted by atomic mass is 16.1. The van der Waals surface area contributed by atoms with E-state index < -0.39 is 0 Å². The van der Waals surface area contributed by atoms with Crippen LogP contribution >= 0.6 is 0 Å². The lowest BCUT2D eigenvalue weighted by atomic mass is 9.96. The van der Waals surface area contributed by atoms with Crippen LogP contribution in [0.1, 0.15) is 11.6 Å². The van der Waals surface area contributed by atoms with Gasteiger partial charge in [0.15, 0.2) is 0 Å². The molecule has 0 radical (unpaired) electrons. The molecule has 2 aromatic carbocycles. The Hall–Kier alpha value is -3.51. The monoisotopic (exact) mass is 411 g/mol. The van der Waals surface area contributed by atoms with E-state index in [1.54, 1.807) is 30.1 Å². The van der Waals surface area contributed by atoms with Crippen molar-refractivity contribution < 1.29 is 0 Å². The molecule has 0 aliphatic carbocycles. The molecule has 1 saturated heterocycles. The van der Waals surface area contributed by atoms with Crippen LogP contribution in [0, 0.1) is 0 Å². The van der Waals surface area contributed by atoms with Crippen molar-refractivity contribution in [3.63, 3.8) is 0 Å². The topological polar surface area (TPSA) is 54.3 Å². The Morgan fingerprint density at radius 2 is 1.71 bits per heavy atom. The molecule has 0 spiro atoms. The molecule has 1 unspecified atom stereocenters. The number of nitrogens with zero attached hydrogens (tertiary/aromatic N) is 5. The van der Waals surface area contributed by atoms with Crippen molar-refractivity contribution in [1.82, 2.24) is 19.4 Å². The fourth-order valence-electron chi connectivity index (χ4n) is 4.41. The summed E-state index contributed by atoms with van der Waals surface area (Å²) in [5.41, 5.74) is 2.83. The first kappa shape index (κ1) is 19.5. The molecule has 0 amide bonds. The molecule has 4 aromatic rings. The maximum Gasteiger partial charge on any atom is 0.255 e. The summed E-state index contributed by atoms with van der Waals surface area (Å²) in [6.07, 6.45) is 3.45. The molecule has 6 heteroatoms. The molecule has 5 rings (SSSR count). The molecular formula is C25H25N5O.